The van der Waals surface area contributed by atoms with Crippen molar-refractivity contribution in [3.63, 3.8) is 0 Å². The molecule has 0 bridgehead atoms. The number of benzene rings is 2. The summed E-state index contributed by atoms with van der Waals surface area (Å²) in [5.41, 5.74) is 0.402. The first kappa shape index (κ1) is 27.3. The van der Waals surface area contributed by atoms with Gasteiger partial charge in [-0.3, -0.25) is 9.11 Å². The lowest BCUT2D eigenvalue weighted by molar-refractivity contribution is 0.432. The number of para-hydroxylation sites is 1. The van der Waals surface area contributed by atoms with Gasteiger partial charge in [-0.15, -0.1) is 0 Å². The first-order valence-corrected chi connectivity index (χ1v) is 14.4. The molecular weight excluding hydrogens is 464 g/mol. The molecule has 0 amide bonds. The highest BCUT2D eigenvalue weighted by Gasteiger charge is 2.24. The molecule has 0 saturated carbocycles. The van der Waals surface area contributed by atoms with Crippen molar-refractivity contribution in [2.24, 2.45) is 0 Å². The van der Waals surface area contributed by atoms with Crippen molar-refractivity contribution in [3.8, 4) is 11.5 Å². The summed E-state index contributed by atoms with van der Waals surface area (Å²) in [4.78, 5) is -0.877. The molecule has 2 aromatic rings. The molecule has 33 heavy (non-hydrogen) atoms. The molecule has 0 aliphatic heterocycles. The van der Waals surface area contributed by atoms with Gasteiger partial charge in [-0.25, -0.2) is 0 Å². The molecule has 0 aromatic heterocycles. The van der Waals surface area contributed by atoms with E-state index in [0.717, 1.165) is 31.7 Å². The standard InChI is InChI=1S/C24H34O7S2/c1-2-3-4-5-6-7-8-9-10-11-15-20-16-14-18-22(24(20)33(28,29)30)31-21-17-12-13-19-23(21)32(25,26)27/h12-14,16-19H,2-11,15H2,1H3,(H,25,26,27)(H,28,29,30). The first-order chi connectivity index (χ1) is 15.6. The van der Waals surface area contributed by atoms with E-state index in [9.17, 15) is 25.9 Å². The molecule has 0 radical (unpaired) electrons. The predicted octanol–water partition coefficient (Wildman–Crippen LogP) is 6.44. The lowest BCUT2D eigenvalue weighted by atomic mass is 10.0. The Morgan fingerprint density at radius 1 is 0.667 bits per heavy atom. The third-order valence-electron chi connectivity index (χ3n) is 5.47. The molecule has 0 heterocycles. The predicted molar refractivity (Wildman–Crippen MR) is 128 cm³/mol. The van der Waals surface area contributed by atoms with Gasteiger partial charge in [-0.05, 0) is 36.6 Å². The topological polar surface area (TPSA) is 118 Å². The molecule has 0 spiro atoms. The quantitative estimate of drug-likeness (QED) is 0.214. The highest BCUT2D eigenvalue weighted by atomic mass is 32.2. The minimum Gasteiger partial charge on any atom is -0.454 e. The summed E-state index contributed by atoms with van der Waals surface area (Å²) in [5.74, 6) is -0.431. The van der Waals surface area contributed by atoms with Gasteiger partial charge >= 0.3 is 0 Å². The third-order valence-corrected chi connectivity index (χ3v) is 7.34. The van der Waals surface area contributed by atoms with Gasteiger partial charge < -0.3 is 4.74 Å². The lowest BCUT2D eigenvalue weighted by Crippen LogP contribution is -2.07. The van der Waals surface area contributed by atoms with Crippen LogP contribution in [0, 0.1) is 0 Å². The Morgan fingerprint density at radius 2 is 1.21 bits per heavy atom. The average molecular weight is 499 g/mol. The maximum Gasteiger partial charge on any atom is 0.298 e. The van der Waals surface area contributed by atoms with Crippen molar-refractivity contribution >= 4 is 20.2 Å². The van der Waals surface area contributed by atoms with E-state index in [-0.39, 0.29) is 16.4 Å². The summed E-state index contributed by atoms with van der Waals surface area (Å²) in [7, 11) is -9.21. The second-order valence-corrected chi connectivity index (χ2v) is 10.9. The van der Waals surface area contributed by atoms with Crippen molar-refractivity contribution in [3.05, 3.63) is 48.0 Å². The molecule has 0 aliphatic rings. The summed E-state index contributed by atoms with van der Waals surface area (Å²) in [6, 6.07) is 9.87. The van der Waals surface area contributed by atoms with Crippen LogP contribution >= 0.6 is 0 Å². The van der Waals surface area contributed by atoms with E-state index >= 15 is 0 Å². The summed E-state index contributed by atoms with van der Waals surface area (Å²) in [5, 5.41) is 0. The van der Waals surface area contributed by atoms with Crippen LogP contribution in [0.5, 0.6) is 11.5 Å². The van der Waals surface area contributed by atoms with Gasteiger partial charge in [-0.2, -0.15) is 16.8 Å². The Balaban J connectivity index is 2.05. The minimum absolute atomic E-state index is 0.196. The van der Waals surface area contributed by atoms with Crippen LogP contribution in [0.2, 0.25) is 0 Å². The van der Waals surface area contributed by atoms with Crippen LogP contribution < -0.4 is 4.74 Å². The van der Waals surface area contributed by atoms with Crippen LogP contribution in [0.1, 0.15) is 76.7 Å². The van der Waals surface area contributed by atoms with Crippen LogP contribution in [-0.4, -0.2) is 25.9 Å². The molecule has 0 fully saturated rings. The number of hydrogen-bond acceptors (Lipinski definition) is 5. The van der Waals surface area contributed by atoms with Crippen LogP contribution in [0.4, 0.5) is 0 Å². The molecule has 184 valence electrons. The summed E-state index contributed by atoms with van der Waals surface area (Å²) in [6.07, 6.45) is 11.9. The Bertz CT molecular complexity index is 1090. The van der Waals surface area contributed by atoms with Crippen molar-refractivity contribution < 1.29 is 30.7 Å². The molecule has 0 unspecified atom stereocenters. The molecule has 2 rings (SSSR count). The van der Waals surface area contributed by atoms with Gasteiger partial charge in [0, 0.05) is 0 Å². The fraction of sp³-hybridized carbons (Fsp3) is 0.500. The molecular formula is C24H34O7S2. The first-order valence-electron chi connectivity index (χ1n) is 11.5. The third kappa shape index (κ3) is 9.08. The zero-order valence-electron chi connectivity index (χ0n) is 19.1. The number of aryl methyl sites for hydroxylation is 1. The van der Waals surface area contributed by atoms with Crippen LogP contribution in [-0.2, 0) is 26.7 Å². The average Bonchev–Trinajstić information content (AvgIpc) is 2.74. The number of unbranched alkanes of at least 4 members (excludes halogenated alkanes) is 9. The highest BCUT2D eigenvalue weighted by molar-refractivity contribution is 7.86. The summed E-state index contributed by atoms with van der Waals surface area (Å²) < 4.78 is 72.3. The minimum atomic E-state index is -4.63. The monoisotopic (exact) mass is 498 g/mol. The number of ether oxygens (including phenoxy) is 1. The van der Waals surface area contributed by atoms with Gasteiger partial charge in [0.15, 0.2) is 0 Å². The second-order valence-electron chi connectivity index (χ2n) is 8.18. The van der Waals surface area contributed by atoms with Gasteiger partial charge in [0.1, 0.15) is 21.3 Å². The van der Waals surface area contributed by atoms with Gasteiger partial charge in [0.25, 0.3) is 20.2 Å². The van der Waals surface area contributed by atoms with E-state index < -0.39 is 25.1 Å². The Morgan fingerprint density at radius 3 is 1.79 bits per heavy atom. The number of rotatable bonds is 15. The van der Waals surface area contributed by atoms with E-state index in [2.05, 4.69) is 6.92 Å². The van der Waals surface area contributed by atoms with Crippen molar-refractivity contribution in [1.82, 2.24) is 0 Å². The molecule has 0 aliphatic carbocycles. The molecule has 7 nitrogen and oxygen atoms in total. The Hall–Kier alpha value is -1.94. The molecule has 0 saturated heterocycles. The van der Waals surface area contributed by atoms with Gasteiger partial charge in [-0.1, -0.05) is 89.0 Å². The smallest absolute Gasteiger partial charge is 0.298 e. The van der Waals surface area contributed by atoms with Crippen LogP contribution in [0.15, 0.2) is 52.3 Å². The molecule has 2 N–H and O–H groups in total. The fourth-order valence-corrected chi connectivity index (χ4v) is 5.28. The van der Waals surface area contributed by atoms with Crippen molar-refractivity contribution in [1.29, 1.82) is 0 Å². The highest BCUT2D eigenvalue weighted by Crippen LogP contribution is 2.35. The summed E-state index contributed by atoms with van der Waals surface area (Å²) in [6.45, 7) is 2.20. The Kier molecular flexibility index (Phi) is 10.8. The van der Waals surface area contributed by atoms with Gasteiger partial charge in [0.2, 0.25) is 0 Å². The van der Waals surface area contributed by atoms with E-state index in [4.69, 9.17) is 4.74 Å². The zero-order chi connectivity index (χ0) is 24.3. The Labute approximate surface area is 197 Å². The SMILES string of the molecule is CCCCCCCCCCCCc1cccc(Oc2ccccc2S(=O)(=O)O)c1S(=O)(=O)O. The van der Waals surface area contributed by atoms with Crippen LogP contribution in [0.3, 0.4) is 0 Å². The molecule has 0 atom stereocenters. The fourth-order valence-electron chi connectivity index (χ4n) is 3.80. The van der Waals surface area contributed by atoms with Crippen molar-refractivity contribution in [2.75, 3.05) is 0 Å². The summed E-state index contributed by atoms with van der Waals surface area (Å²) >= 11 is 0. The molecule has 9 heteroatoms. The van der Waals surface area contributed by atoms with Gasteiger partial charge in [0.05, 0.1) is 0 Å². The largest absolute Gasteiger partial charge is 0.454 e. The lowest BCUT2D eigenvalue weighted by Gasteiger charge is -2.15. The second kappa shape index (κ2) is 13.1. The van der Waals surface area contributed by atoms with Crippen LogP contribution in [0.25, 0.3) is 0 Å². The normalized spacial score (nSPS) is 12.1. The van der Waals surface area contributed by atoms with Crippen molar-refractivity contribution in [2.45, 2.75) is 87.3 Å². The van der Waals surface area contributed by atoms with E-state index in [1.54, 1.807) is 12.1 Å². The number of hydrogen-bond donors (Lipinski definition) is 2. The maximum absolute atomic E-state index is 12.1. The van der Waals surface area contributed by atoms with E-state index in [1.165, 1.54) is 62.8 Å². The zero-order valence-corrected chi connectivity index (χ0v) is 20.7. The maximum atomic E-state index is 12.1. The molecule has 2 aromatic carbocycles. The van der Waals surface area contributed by atoms with E-state index in [1.807, 2.05) is 0 Å². The van der Waals surface area contributed by atoms with E-state index in [0.29, 0.717) is 12.0 Å².